The monoisotopic (exact) mass is 396 g/mol. The summed E-state index contributed by atoms with van der Waals surface area (Å²) in [6, 6.07) is 8.40. The highest BCUT2D eigenvalue weighted by atomic mass is 32.2. The number of sulfonamides is 1. The third-order valence-electron chi connectivity index (χ3n) is 4.22. The van der Waals surface area contributed by atoms with Crippen molar-refractivity contribution in [3.05, 3.63) is 42.2 Å². The lowest BCUT2D eigenvalue weighted by atomic mass is 10.2. The Kier molecular flexibility index (Phi) is 5.71. The first-order valence-corrected chi connectivity index (χ1v) is 9.80. The SMILES string of the molecule is COc1ccc(S(=O)(=O)Nc2cc(F)ccc2N2CCOCC2)c(OC)c1. The third kappa shape index (κ3) is 4.25. The molecule has 0 bridgehead atoms. The van der Waals surface area contributed by atoms with Gasteiger partial charge in [0, 0.05) is 25.2 Å². The van der Waals surface area contributed by atoms with Crippen molar-refractivity contribution in [3.8, 4) is 11.5 Å². The smallest absolute Gasteiger partial charge is 0.265 e. The molecule has 0 amide bonds. The van der Waals surface area contributed by atoms with Gasteiger partial charge in [-0.05, 0) is 24.3 Å². The molecule has 1 fully saturated rings. The Morgan fingerprint density at radius 2 is 1.81 bits per heavy atom. The van der Waals surface area contributed by atoms with Gasteiger partial charge in [0.1, 0.15) is 22.2 Å². The summed E-state index contributed by atoms with van der Waals surface area (Å²) >= 11 is 0. The average molecular weight is 396 g/mol. The molecule has 1 N–H and O–H groups in total. The molecule has 0 saturated carbocycles. The lowest BCUT2D eigenvalue weighted by Crippen LogP contribution is -2.36. The van der Waals surface area contributed by atoms with Gasteiger partial charge in [-0.3, -0.25) is 4.72 Å². The van der Waals surface area contributed by atoms with Crippen molar-refractivity contribution < 1.29 is 27.0 Å². The van der Waals surface area contributed by atoms with Gasteiger partial charge in [-0.15, -0.1) is 0 Å². The highest BCUT2D eigenvalue weighted by Gasteiger charge is 2.23. The molecular formula is C18H21FN2O5S. The van der Waals surface area contributed by atoms with Crippen LogP contribution in [-0.4, -0.2) is 48.9 Å². The van der Waals surface area contributed by atoms with Crippen LogP contribution in [0.3, 0.4) is 0 Å². The van der Waals surface area contributed by atoms with Gasteiger partial charge in [0.2, 0.25) is 0 Å². The molecule has 2 aromatic rings. The number of morpholine rings is 1. The van der Waals surface area contributed by atoms with Gasteiger partial charge in [0.25, 0.3) is 10.0 Å². The average Bonchev–Trinajstić information content (AvgIpc) is 2.68. The minimum atomic E-state index is -4.01. The maximum atomic E-state index is 13.8. The number of ether oxygens (including phenoxy) is 3. The Bertz CT molecular complexity index is 914. The van der Waals surface area contributed by atoms with Gasteiger partial charge in [-0.1, -0.05) is 0 Å². The summed E-state index contributed by atoms with van der Waals surface area (Å²) in [4.78, 5) is 1.88. The summed E-state index contributed by atoms with van der Waals surface area (Å²) in [5.74, 6) is 0.0585. The number of methoxy groups -OCH3 is 2. The van der Waals surface area contributed by atoms with Crippen molar-refractivity contribution in [1.82, 2.24) is 0 Å². The van der Waals surface area contributed by atoms with E-state index >= 15 is 0 Å². The van der Waals surface area contributed by atoms with Gasteiger partial charge in [0.05, 0.1) is 38.8 Å². The van der Waals surface area contributed by atoms with Crippen molar-refractivity contribution in [2.75, 3.05) is 50.1 Å². The molecule has 0 unspecified atom stereocenters. The molecule has 0 atom stereocenters. The zero-order valence-electron chi connectivity index (χ0n) is 15.1. The van der Waals surface area contributed by atoms with Crippen LogP contribution >= 0.6 is 0 Å². The van der Waals surface area contributed by atoms with Crippen LogP contribution in [0.15, 0.2) is 41.3 Å². The van der Waals surface area contributed by atoms with E-state index in [0.29, 0.717) is 37.7 Å². The van der Waals surface area contributed by atoms with Crippen molar-refractivity contribution >= 4 is 21.4 Å². The molecule has 0 aromatic heterocycles. The van der Waals surface area contributed by atoms with E-state index in [1.807, 2.05) is 4.90 Å². The second kappa shape index (κ2) is 8.01. The Morgan fingerprint density at radius 1 is 1.07 bits per heavy atom. The molecule has 7 nitrogen and oxygen atoms in total. The van der Waals surface area contributed by atoms with E-state index in [-0.39, 0.29) is 16.3 Å². The Hall–Kier alpha value is -2.52. The largest absolute Gasteiger partial charge is 0.497 e. The lowest BCUT2D eigenvalue weighted by molar-refractivity contribution is 0.123. The molecular weight excluding hydrogens is 375 g/mol. The highest BCUT2D eigenvalue weighted by molar-refractivity contribution is 7.92. The minimum Gasteiger partial charge on any atom is -0.497 e. The van der Waals surface area contributed by atoms with Crippen molar-refractivity contribution in [2.24, 2.45) is 0 Å². The molecule has 27 heavy (non-hydrogen) atoms. The third-order valence-corrected chi connectivity index (χ3v) is 5.62. The van der Waals surface area contributed by atoms with Gasteiger partial charge in [-0.25, -0.2) is 12.8 Å². The normalized spacial score (nSPS) is 14.7. The quantitative estimate of drug-likeness (QED) is 0.808. The van der Waals surface area contributed by atoms with Crippen LogP contribution in [0.2, 0.25) is 0 Å². The Labute approximate surface area is 157 Å². The predicted molar refractivity (Wildman–Crippen MR) is 99.8 cm³/mol. The number of nitrogens with zero attached hydrogens (tertiary/aromatic N) is 1. The second-order valence-corrected chi connectivity index (χ2v) is 7.53. The molecule has 1 saturated heterocycles. The number of rotatable bonds is 6. The minimum absolute atomic E-state index is 0.0667. The number of hydrogen-bond acceptors (Lipinski definition) is 6. The molecule has 1 heterocycles. The summed E-state index contributed by atoms with van der Waals surface area (Å²) in [7, 11) is -1.17. The Balaban J connectivity index is 1.97. The fraction of sp³-hybridized carbons (Fsp3) is 0.333. The van der Waals surface area contributed by atoms with E-state index in [9.17, 15) is 12.8 Å². The molecule has 0 radical (unpaired) electrons. The number of halogens is 1. The van der Waals surface area contributed by atoms with E-state index in [2.05, 4.69) is 4.72 Å². The zero-order valence-corrected chi connectivity index (χ0v) is 15.9. The molecule has 3 rings (SSSR count). The summed E-state index contributed by atoms with van der Waals surface area (Å²) in [5, 5.41) is 0. The standard InChI is InChI=1S/C18H21FN2O5S/c1-24-14-4-6-18(17(12-14)25-2)27(22,23)20-15-11-13(19)3-5-16(15)21-7-9-26-10-8-21/h3-6,11-12,20H,7-10H2,1-2H3. The van der Waals surface area contributed by atoms with Crippen molar-refractivity contribution in [2.45, 2.75) is 4.90 Å². The number of nitrogens with one attached hydrogen (secondary N) is 1. The Morgan fingerprint density at radius 3 is 2.48 bits per heavy atom. The van der Waals surface area contributed by atoms with Crippen LogP contribution in [0.25, 0.3) is 0 Å². The summed E-state index contributed by atoms with van der Waals surface area (Å²) < 4.78 is 57.8. The van der Waals surface area contributed by atoms with E-state index in [4.69, 9.17) is 14.2 Å². The summed E-state index contributed by atoms with van der Waals surface area (Å²) in [6.07, 6.45) is 0. The first-order chi connectivity index (χ1) is 12.9. The van der Waals surface area contributed by atoms with Crippen LogP contribution in [-0.2, 0) is 14.8 Å². The van der Waals surface area contributed by atoms with E-state index in [0.717, 1.165) is 0 Å². The number of benzene rings is 2. The van der Waals surface area contributed by atoms with Crippen LogP contribution in [0.4, 0.5) is 15.8 Å². The number of anilines is 2. The summed E-state index contributed by atoms with van der Waals surface area (Å²) in [5.41, 5.74) is 0.755. The van der Waals surface area contributed by atoms with E-state index < -0.39 is 15.8 Å². The van der Waals surface area contributed by atoms with Gasteiger partial charge < -0.3 is 19.1 Å². The van der Waals surface area contributed by atoms with Crippen LogP contribution in [0.1, 0.15) is 0 Å². The first kappa shape index (κ1) is 19.2. The van der Waals surface area contributed by atoms with Crippen LogP contribution in [0.5, 0.6) is 11.5 Å². The predicted octanol–water partition coefficient (Wildman–Crippen LogP) is 2.48. The van der Waals surface area contributed by atoms with Gasteiger partial charge in [-0.2, -0.15) is 0 Å². The molecule has 0 spiro atoms. The first-order valence-electron chi connectivity index (χ1n) is 8.31. The summed E-state index contributed by atoms with van der Waals surface area (Å²) in [6.45, 7) is 2.23. The fourth-order valence-corrected chi connectivity index (χ4v) is 4.08. The highest BCUT2D eigenvalue weighted by Crippen LogP contribution is 2.33. The number of hydrogen-bond donors (Lipinski definition) is 1. The maximum Gasteiger partial charge on any atom is 0.265 e. The molecule has 146 valence electrons. The van der Waals surface area contributed by atoms with Crippen molar-refractivity contribution in [1.29, 1.82) is 0 Å². The van der Waals surface area contributed by atoms with Crippen LogP contribution < -0.4 is 19.1 Å². The second-order valence-electron chi connectivity index (χ2n) is 5.88. The molecule has 0 aliphatic carbocycles. The van der Waals surface area contributed by atoms with Gasteiger partial charge in [0.15, 0.2) is 0 Å². The maximum absolute atomic E-state index is 13.8. The fourth-order valence-electron chi connectivity index (χ4n) is 2.87. The molecule has 1 aliphatic heterocycles. The lowest BCUT2D eigenvalue weighted by Gasteiger charge is -2.30. The van der Waals surface area contributed by atoms with Gasteiger partial charge >= 0.3 is 0 Å². The molecule has 9 heteroatoms. The van der Waals surface area contributed by atoms with E-state index in [1.165, 1.54) is 44.6 Å². The molecule has 2 aromatic carbocycles. The van der Waals surface area contributed by atoms with E-state index in [1.54, 1.807) is 6.07 Å². The van der Waals surface area contributed by atoms with Crippen molar-refractivity contribution in [3.63, 3.8) is 0 Å². The zero-order chi connectivity index (χ0) is 19.4. The molecule has 1 aliphatic rings. The topological polar surface area (TPSA) is 77.1 Å². The van der Waals surface area contributed by atoms with Crippen LogP contribution in [0, 0.1) is 5.82 Å².